The molecule has 0 saturated carbocycles. The number of aromatic nitrogens is 4. The van der Waals surface area contributed by atoms with Crippen molar-refractivity contribution >= 4 is 5.82 Å². The Balaban J connectivity index is 1.61. The molecule has 0 bridgehead atoms. The van der Waals surface area contributed by atoms with Gasteiger partial charge >= 0.3 is 0 Å². The van der Waals surface area contributed by atoms with Crippen LogP contribution in [0, 0.1) is 6.92 Å². The number of hydrogen-bond acceptors (Lipinski definition) is 4. The van der Waals surface area contributed by atoms with Gasteiger partial charge in [0.15, 0.2) is 0 Å². The van der Waals surface area contributed by atoms with E-state index >= 15 is 0 Å². The molecule has 0 amide bonds. The van der Waals surface area contributed by atoms with Gasteiger partial charge in [-0.3, -0.25) is 9.36 Å². The fourth-order valence-corrected chi connectivity index (χ4v) is 3.10. The molecule has 3 rings (SSSR count). The highest BCUT2D eigenvalue weighted by molar-refractivity contribution is 5.38. The van der Waals surface area contributed by atoms with Gasteiger partial charge in [-0.1, -0.05) is 0 Å². The molecule has 0 aliphatic carbocycles. The average molecular weight is 288 g/mol. The molecule has 114 valence electrons. The van der Waals surface area contributed by atoms with E-state index in [9.17, 15) is 0 Å². The summed E-state index contributed by atoms with van der Waals surface area (Å²) in [7, 11) is 4.01. The Hall–Kier alpha value is -1.82. The summed E-state index contributed by atoms with van der Waals surface area (Å²) in [6.45, 7) is 5.15. The summed E-state index contributed by atoms with van der Waals surface area (Å²) in [6.07, 6.45) is 6.24. The van der Waals surface area contributed by atoms with Crippen molar-refractivity contribution in [3.63, 3.8) is 0 Å². The molecule has 1 saturated heterocycles. The van der Waals surface area contributed by atoms with E-state index in [0.717, 1.165) is 19.6 Å². The van der Waals surface area contributed by atoms with Crippen molar-refractivity contribution in [2.45, 2.75) is 32.4 Å². The molecular weight excluding hydrogens is 264 g/mol. The lowest BCUT2D eigenvalue weighted by molar-refractivity contribution is 0.411. The van der Waals surface area contributed by atoms with Crippen molar-refractivity contribution < 1.29 is 0 Å². The minimum atomic E-state index is 0.517. The first kappa shape index (κ1) is 14.1. The first-order valence-electron chi connectivity index (χ1n) is 7.59. The summed E-state index contributed by atoms with van der Waals surface area (Å²) in [5.41, 5.74) is 2.52. The Kier molecular flexibility index (Phi) is 3.96. The Morgan fingerprint density at radius 3 is 2.81 bits per heavy atom. The molecule has 1 atom stereocenters. The van der Waals surface area contributed by atoms with Gasteiger partial charge in [-0.2, -0.15) is 10.2 Å². The number of anilines is 1. The maximum absolute atomic E-state index is 4.30. The molecule has 21 heavy (non-hydrogen) atoms. The lowest BCUT2D eigenvalue weighted by Gasteiger charge is -2.34. The minimum absolute atomic E-state index is 0.517. The van der Waals surface area contributed by atoms with Gasteiger partial charge in [0.2, 0.25) is 0 Å². The highest BCUT2D eigenvalue weighted by atomic mass is 15.4. The largest absolute Gasteiger partial charge is 0.355 e. The molecular formula is C15H24N6. The third-order valence-corrected chi connectivity index (χ3v) is 4.37. The molecule has 0 unspecified atom stereocenters. The van der Waals surface area contributed by atoms with Crippen molar-refractivity contribution in [3.05, 3.63) is 29.7 Å². The van der Waals surface area contributed by atoms with E-state index in [4.69, 9.17) is 0 Å². The van der Waals surface area contributed by atoms with Gasteiger partial charge in [0, 0.05) is 45.8 Å². The van der Waals surface area contributed by atoms with Crippen LogP contribution in [0.25, 0.3) is 0 Å². The molecule has 6 heteroatoms. The van der Waals surface area contributed by atoms with Crippen LogP contribution in [0.2, 0.25) is 0 Å². The van der Waals surface area contributed by atoms with Crippen molar-refractivity contribution in [3.8, 4) is 0 Å². The highest BCUT2D eigenvalue weighted by Crippen LogP contribution is 2.19. The molecule has 0 radical (unpaired) electrons. The fourth-order valence-electron chi connectivity index (χ4n) is 3.10. The van der Waals surface area contributed by atoms with Gasteiger partial charge in [0.1, 0.15) is 5.82 Å². The molecule has 2 aromatic rings. The van der Waals surface area contributed by atoms with E-state index in [-0.39, 0.29) is 0 Å². The lowest BCUT2D eigenvalue weighted by atomic mass is 10.1. The monoisotopic (exact) mass is 288 g/mol. The van der Waals surface area contributed by atoms with Crippen LogP contribution in [0.1, 0.15) is 24.1 Å². The highest BCUT2D eigenvalue weighted by Gasteiger charge is 2.21. The number of nitrogens with zero attached hydrogens (tertiary/aromatic N) is 5. The maximum Gasteiger partial charge on any atom is 0.126 e. The average Bonchev–Trinajstić information content (AvgIpc) is 3.04. The normalized spacial score (nSPS) is 19.2. The topological polar surface area (TPSA) is 50.9 Å². The van der Waals surface area contributed by atoms with E-state index in [1.54, 1.807) is 0 Å². The summed E-state index contributed by atoms with van der Waals surface area (Å²) < 4.78 is 3.91. The van der Waals surface area contributed by atoms with Crippen molar-refractivity contribution in [1.82, 2.24) is 24.9 Å². The summed E-state index contributed by atoms with van der Waals surface area (Å²) in [4.78, 5) is 2.42. The van der Waals surface area contributed by atoms with E-state index in [0.29, 0.717) is 6.04 Å². The molecule has 6 nitrogen and oxygen atoms in total. The van der Waals surface area contributed by atoms with Crippen LogP contribution in [0.4, 0.5) is 5.82 Å². The van der Waals surface area contributed by atoms with Crippen LogP contribution in [-0.2, 0) is 20.6 Å². The number of hydrogen-bond donors (Lipinski definition) is 1. The van der Waals surface area contributed by atoms with Gasteiger partial charge in [0.05, 0.1) is 18.1 Å². The zero-order valence-corrected chi connectivity index (χ0v) is 13.1. The Labute approximate surface area is 125 Å². The van der Waals surface area contributed by atoms with Crippen LogP contribution in [0.15, 0.2) is 18.5 Å². The smallest absolute Gasteiger partial charge is 0.126 e. The number of nitrogens with one attached hydrogen (secondary N) is 1. The molecule has 0 spiro atoms. The van der Waals surface area contributed by atoms with Crippen LogP contribution in [-0.4, -0.2) is 38.7 Å². The molecule has 1 N–H and O–H groups in total. The van der Waals surface area contributed by atoms with Gasteiger partial charge in [-0.25, -0.2) is 0 Å². The SMILES string of the molecule is Cc1cnn(C)c1CN[C@H]1CCCN(c2ccnn2C)C1. The number of aryl methyl sites for hydroxylation is 3. The quantitative estimate of drug-likeness (QED) is 0.919. The van der Waals surface area contributed by atoms with E-state index in [1.807, 2.05) is 35.9 Å². The second kappa shape index (κ2) is 5.89. The second-order valence-corrected chi connectivity index (χ2v) is 5.88. The number of rotatable bonds is 4. The third-order valence-electron chi connectivity index (χ3n) is 4.37. The first-order valence-corrected chi connectivity index (χ1v) is 7.59. The summed E-state index contributed by atoms with van der Waals surface area (Å²) >= 11 is 0. The molecule has 3 heterocycles. The van der Waals surface area contributed by atoms with Crippen molar-refractivity contribution in [1.29, 1.82) is 0 Å². The fraction of sp³-hybridized carbons (Fsp3) is 0.600. The standard InChI is InChI=1S/C15H24N6/c1-12-9-18-19(2)14(12)10-16-13-5-4-8-21(11-13)15-6-7-17-20(15)3/h6-7,9,13,16H,4-5,8,10-11H2,1-3H3/t13-/m0/s1. The predicted octanol–water partition coefficient (Wildman–Crippen LogP) is 1.22. The third kappa shape index (κ3) is 2.95. The molecule has 1 aliphatic rings. The summed E-state index contributed by atoms with van der Waals surface area (Å²) in [6, 6.07) is 2.61. The second-order valence-electron chi connectivity index (χ2n) is 5.88. The van der Waals surface area contributed by atoms with E-state index < -0.39 is 0 Å². The Bertz CT molecular complexity index is 580. The molecule has 2 aromatic heterocycles. The van der Waals surface area contributed by atoms with Gasteiger partial charge in [0.25, 0.3) is 0 Å². The summed E-state index contributed by atoms with van der Waals surface area (Å²) in [5.74, 6) is 1.21. The van der Waals surface area contributed by atoms with E-state index in [1.165, 1.54) is 29.9 Å². The lowest BCUT2D eigenvalue weighted by Crippen LogP contribution is -2.46. The summed E-state index contributed by atoms with van der Waals surface area (Å²) in [5, 5.41) is 12.3. The minimum Gasteiger partial charge on any atom is -0.355 e. The predicted molar refractivity (Wildman–Crippen MR) is 83.2 cm³/mol. The number of piperidine rings is 1. The Morgan fingerprint density at radius 2 is 2.14 bits per heavy atom. The van der Waals surface area contributed by atoms with Crippen LogP contribution in [0.3, 0.4) is 0 Å². The van der Waals surface area contributed by atoms with Crippen LogP contribution < -0.4 is 10.2 Å². The van der Waals surface area contributed by atoms with Crippen molar-refractivity contribution in [2.24, 2.45) is 14.1 Å². The molecule has 0 aromatic carbocycles. The van der Waals surface area contributed by atoms with Gasteiger partial charge in [-0.15, -0.1) is 0 Å². The van der Waals surface area contributed by atoms with Crippen molar-refractivity contribution in [2.75, 3.05) is 18.0 Å². The maximum atomic E-state index is 4.30. The van der Waals surface area contributed by atoms with E-state index in [2.05, 4.69) is 33.4 Å². The van der Waals surface area contributed by atoms with Gasteiger partial charge < -0.3 is 10.2 Å². The van der Waals surface area contributed by atoms with Gasteiger partial charge in [-0.05, 0) is 25.3 Å². The Morgan fingerprint density at radius 1 is 1.29 bits per heavy atom. The zero-order chi connectivity index (χ0) is 14.8. The zero-order valence-electron chi connectivity index (χ0n) is 13.1. The molecule has 1 aliphatic heterocycles. The first-order chi connectivity index (χ1) is 10.1. The van der Waals surface area contributed by atoms with Crippen LogP contribution >= 0.6 is 0 Å². The molecule has 1 fully saturated rings. The van der Waals surface area contributed by atoms with Crippen LogP contribution in [0.5, 0.6) is 0 Å².